The molecule has 0 bridgehead atoms. The third kappa shape index (κ3) is 1.59. The van der Waals surface area contributed by atoms with Gasteiger partial charge in [0.15, 0.2) is 0 Å². The van der Waals surface area contributed by atoms with Crippen molar-refractivity contribution in [2.75, 3.05) is 0 Å². The molecule has 72 valence electrons. The molecule has 1 aromatic carbocycles. The molecular weight excluding hydrogens is 200 g/mol. The van der Waals surface area contributed by atoms with Gasteiger partial charge in [-0.3, -0.25) is 14.6 Å². The highest BCUT2D eigenvalue weighted by molar-refractivity contribution is 6.30. The SMILES string of the molecule is Cc1cc(=O)[nH]n1-c1ccc(Cl)cc1. The van der Waals surface area contributed by atoms with Crippen LogP contribution in [0.5, 0.6) is 0 Å². The number of aromatic amines is 1. The third-order valence-electron chi connectivity index (χ3n) is 2.00. The monoisotopic (exact) mass is 208 g/mol. The molecule has 0 fully saturated rings. The van der Waals surface area contributed by atoms with E-state index in [4.69, 9.17) is 11.6 Å². The van der Waals surface area contributed by atoms with E-state index < -0.39 is 0 Å². The van der Waals surface area contributed by atoms with Gasteiger partial charge in [0.2, 0.25) is 0 Å². The minimum Gasteiger partial charge on any atom is -0.268 e. The van der Waals surface area contributed by atoms with Gasteiger partial charge in [-0.25, -0.2) is 0 Å². The van der Waals surface area contributed by atoms with Crippen LogP contribution in [0.3, 0.4) is 0 Å². The average molecular weight is 209 g/mol. The highest BCUT2D eigenvalue weighted by Crippen LogP contribution is 2.13. The van der Waals surface area contributed by atoms with Gasteiger partial charge in [0, 0.05) is 16.8 Å². The number of nitrogens with zero attached hydrogens (tertiary/aromatic N) is 1. The first-order valence-electron chi connectivity index (χ1n) is 4.21. The summed E-state index contributed by atoms with van der Waals surface area (Å²) in [5.74, 6) is 0. The van der Waals surface area contributed by atoms with Crippen molar-refractivity contribution in [2.45, 2.75) is 6.92 Å². The highest BCUT2D eigenvalue weighted by Gasteiger charge is 2.01. The Bertz CT molecular complexity index is 496. The molecule has 0 aliphatic rings. The molecule has 0 radical (unpaired) electrons. The number of halogens is 1. The Hall–Kier alpha value is -1.48. The second-order valence-corrected chi connectivity index (χ2v) is 3.51. The molecule has 0 aliphatic heterocycles. The van der Waals surface area contributed by atoms with Crippen molar-refractivity contribution in [2.24, 2.45) is 0 Å². The van der Waals surface area contributed by atoms with E-state index in [2.05, 4.69) is 5.10 Å². The number of benzene rings is 1. The zero-order valence-electron chi connectivity index (χ0n) is 7.62. The number of hydrogen-bond acceptors (Lipinski definition) is 1. The van der Waals surface area contributed by atoms with Gasteiger partial charge in [-0.05, 0) is 31.2 Å². The molecule has 0 unspecified atom stereocenters. The van der Waals surface area contributed by atoms with Gasteiger partial charge in [0.25, 0.3) is 5.56 Å². The second kappa shape index (κ2) is 3.35. The molecule has 3 nitrogen and oxygen atoms in total. The zero-order chi connectivity index (χ0) is 10.1. The van der Waals surface area contributed by atoms with Crippen molar-refractivity contribution >= 4 is 11.6 Å². The third-order valence-corrected chi connectivity index (χ3v) is 2.25. The van der Waals surface area contributed by atoms with Crippen LogP contribution in [0.2, 0.25) is 5.02 Å². The second-order valence-electron chi connectivity index (χ2n) is 3.07. The maximum absolute atomic E-state index is 11.0. The summed E-state index contributed by atoms with van der Waals surface area (Å²) < 4.78 is 1.72. The molecule has 4 heteroatoms. The van der Waals surface area contributed by atoms with Crippen LogP contribution >= 0.6 is 11.6 Å². The van der Waals surface area contributed by atoms with E-state index in [1.165, 1.54) is 0 Å². The lowest BCUT2D eigenvalue weighted by Crippen LogP contribution is -2.03. The lowest BCUT2D eigenvalue weighted by Gasteiger charge is -2.04. The first-order chi connectivity index (χ1) is 6.66. The fourth-order valence-corrected chi connectivity index (χ4v) is 1.47. The van der Waals surface area contributed by atoms with E-state index in [1.807, 2.05) is 19.1 Å². The van der Waals surface area contributed by atoms with Gasteiger partial charge in [-0.1, -0.05) is 11.6 Å². The molecular formula is C10H9ClN2O. The summed E-state index contributed by atoms with van der Waals surface area (Å²) in [6, 6.07) is 8.83. The maximum Gasteiger partial charge on any atom is 0.264 e. The lowest BCUT2D eigenvalue weighted by atomic mass is 10.3. The van der Waals surface area contributed by atoms with Crippen LogP contribution in [-0.4, -0.2) is 9.78 Å². The number of aryl methyl sites for hydroxylation is 1. The summed E-state index contributed by atoms with van der Waals surface area (Å²) in [4.78, 5) is 11.0. The molecule has 0 amide bonds. The van der Waals surface area contributed by atoms with Gasteiger partial charge < -0.3 is 0 Å². The normalized spacial score (nSPS) is 10.4. The van der Waals surface area contributed by atoms with Crippen LogP contribution in [0.15, 0.2) is 35.1 Å². The predicted octanol–water partition coefficient (Wildman–Crippen LogP) is 2.13. The molecule has 0 saturated carbocycles. The molecule has 2 aromatic rings. The van der Waals surface area contributed by atoms with Crippen molar-refractivity contribution < 1.29 is 0 Å². The van der Waals surface area contributed by atoms with Crippen molar-refractivity contribution in [1.82, 2.24) is 9.78 Å². The fraction of sp³-hybridized carbons (Fsp3) is 0.100. The Morgan fingerprint density at radius 2 is 1.93 bits per heavy atom. The van der Waals surface area contributed by atoms with Gasteiger partial charge in [0.05, 0.1) is 5.69 Å². The molecule has 0 aliphatic carbocycles. The summed E-state index contributed by atoms with van der Waals surface area (Å²) >= 11 is 5.76. The zero-order valence-corrected chi connectivity index (χ0v) is 8.38. The lowest BCUT2D eigenvalue weighted by molar-refractivity contribution is 0.834. The van der Waals surface area contributed by atoms with Crippen molar-refractivity contribution in [3.05, 3.63) is 51.4 Å². The number of H-pyrrole nitrogens is 1. The van der Waals surface area contributed by atoms with E-state index in [-0.39, 0.29) is 5.56 Å². The first kappa shape index (κ1) is 9.09. The van der Waals surface area contributed by atoms with Crippen LogP contribution < -0.4 is 5.56 Å². The summed E-state index contributed by atoms with van der Waals surface area (Å²) in [6.07, 6.45) is 0. The Morgan fingerprint density at radius 3 is 2.43 bits per heavy atom. The van der Waals surface area contributed by atoms with Gasteiger partial charge in [-0.2, -0.15) is 0 Å². The number of rotatable bonds is 1. The van der Waals surface area contributed by atoms with Gasteiger partial charge in [-0.15, -0.1) is 0 Å². The van der Waals surface area contributed by atoms with Crippen molar-refractivity contribution in [3.8, 4) is 5.69 Å². The largest absolute Gasteiger partial charge is 0.268 e. The molecule has 14 heavy (non-hydrogen) atoms. The molecule has 1 N–H and O–H groups in total. The molecule has 0 atom stereocenters. The van der Waals surface area contributed by atoms with E-state index in [1.54, 1.807) is 22.9 Å². The maximum atomic E-state index is 11.0. The summed E-state index contributed by atoms with van der Waals surface area (Å²) in [7, 11) is 0. The Labute approximate surface area is 85.9 Å². The van der Waals surface area contributed by atoms with Gasteiger partial charge >= 0.3 is 0 Å². The Morgan fingerprint density at radius 1 is 1.29 bits per heavy atom. The molecule has 0 saturated heterocycles. The minimum absolute atomic E-state index is 0.0996. The quantitative estimate of drug-likeness (QED) is 0.766. The van der Waals surface area contributed by atoms with Crippen LogP contribution in [0.25, 0.3) is 5.69 Å². The minimum atomic E-state index is -0.0996. The Balaban J connectivity index is 2.54. The van der Waals surface area contributed by atoms with E-state index in [0.29, 0.717) is 5.02 Å². The first-order valence-corrected chi connectivity index (χ1v) is 4.59. The van der Waals surface area contributed by atoms with Crippen LogP contribution in [-0.2, 0) is 0 Å². The molecule has 0 spiro atoms. The molecule has 2 rings (SSSR count). The van der Waals surface area contributed by atoms with Gasteiger partial charge in [0.1, 0.15) is 0 Å². The summed E-state index contributed by atoms with van der Waals surface area (Å²) in [5.41, 5.74) is 1.67. The smallest absolute Gasteiger partial charge is 0.264 e. The van der Waals surface area contributed by atoms with E-state index >= 15 is 0 Å². The molecule has 1 heterocycles. The van der Waals surface area contributed by atoms with Crippen LogP contribution in [0, 0.1) is 6.92 Å². The van der Waals surface area contributed by atoms with Crippen LogP contribution in [0.1, 0.15) is 5.69 Å². The number of nitrogens with one attached hydrogen (secondary N) is 1. The van der Waals surface area contributed by atoms with Crippen LogP contribution in [0.4, 0.5) is 0 Å². The number of aromatic nitrogens is 2. The fourth-order valence-electron chi connectivity index (χ4n) is 1.34. The highest BCUT2D eigenvalue weighted by atomic mass is 35.5. The number of hydrogen-bond donors (Lipinski definition) is 1. The van der Waals surface area contributed by atoms with Crippen molar-refractivity contribution in [1.29, 1.82) is 0 Å². The van der Waals surface area contributed by atoms with E-state index in [0.717, 1.165) is 11.4 Å². The standard InChI is InChI=1S/C10H9ClN2O/c1-7-6-10(14)12-13(7)9-4-2-8(11)3-5-9/h2-6H,1H3,(H,12,14). The predicted molar refractivity (Wildman–Crippen MR) is 56.1 cm³/mol. The molecule has 1 aromatic heterocycles. The average Bonchev–Trinajstić information content (AvgIpc) is 2.47. The van der Waals surface area contributed by atoms with Crippen molar-refractivity contribution in [3.63, 3.8) is 0 Å². The Kier molecular flexibility index (Phi) is 2.17. The van der Waals surface area contributed by atoms with E-state index in [9.17, 15) is 4.79 Å². The topological polar surface area (TPSA) is 37.8 Å². The summed E-state index contributed by atoms with van der Waals surface area (Å²) in [5, 5.41) is 3.38. The summed E-state index contributed by atoms with van der Waals surface area (Å²) in [6.45, 7) is 1.87.